The first-order valence-corrected chi connectivity index (χ1v) is 8.69. The number of carboxylic acid groups (broad SMARTS) is 1. The molecule has 2 N–H and O–H groups in total. The molecule has 0 aliphatic carbocycles. The Balaban J connectivity index is 1.70. The molecular weight excluding hydrogens is 376 g/mol. The van der Waals surface area contributed by atoms with E-state index in [1.807, 2.05) is 0 Å². The first-order valence-electron chi connectivity index (χ1n) is 7.49. The molecule has 6 nitrogen and oxygen atoms in total. The van der Waals surface area contributed by atoms with Crippen molar-refractivity contribution >= 4 is 52.2 Å². The van der Waals surface area contributed by atoms with Crippen LogP contribution < -0.4 is 10.1 Å². The van der Waals surface area contributed by atoms with Gasteiger partial charge < -0.3 is 15.2 Å². The van der Waals surface area contributed by atoms with E-state index in [-0.39, 0.29) is 5.91 Å². The second-order valence-corrected chi connectivity index (χ2v) is 6.68. The third-order valence-corrected chi connectivity index (χ3v) is 4.41. The highest BCUT2D eigenvalue weighted by molar-refractivity contribution is 8.18. The van der Waals surface area contributed by atoms with Gasteiger partial charge in [0.05, 0.1) is 10.6 Å². The van der Waals surface area contributed by atoms with Crippen LogP contribution in [0, 0.1) is 0 Å². The molecule has 26 heavy (non-hydrogen) atoms. The van der Waals surface area contributed by atoms with Gasteiger partial charge in [-0.1, -0.05) is 23.7 Å². The summed E-state index contributed by atoms with van der Waals surface area (Å²) in [5.74, 6) is -0.820. The number of amides is 1. The van der Waals surface area contributed by atoms with E-state index in [9.17, 15) is 9.59 Å². The number of hydrogen-bond acceptors (Lipinski definition) is 5. The number of benzene rings is 2. The lowest BCUT2D eigenvalue weighted by Crippen LogP contribution is -2.19. The van der Waals surface area contributed by atoms with Crippen LogP contribution in [0.25, 0.3) is 6.08 Å². The van der Waals surface area contributed by atoms with Crippen molar-refractivity contribution < 1.29 is 19.4 Å². The average molecular weight is 389 g/mol. The Labute approximate surface area is 158 Å². The van der Waals surface area contributed by atoms with Crippen molar-refractivity contribution in [2.75, 3.05) is 6.61 Å². The van der Waals surface area contributed by atoms with Crippen LogP contribution in [0.1, 0.15) is 5.56 Å². The number of halogens is 1. The average Bonchev–Trinajstić information content (AvgIpc) is 2.95. The lowest BCUT2D eigenvalue weighted by molar-refractivity contribution is -0.139. The third-order valence-electron chi connectivity index (χ3n) is 3.25. The fourth-order valence-electron chi connectivity index (χ4n) is 2.07. The van der Waals surface area contributed by atoms with Gasteiger partial charge >= 0.3 is 5.97 Å². The van der Waals surface area contributed by atoms with Crippen LogP contribution in [0.4, 0.5) is 5.69 Å². The molecule has 0 saturated carbocycles. The van der Waals surface area contributed by atoms with Crippen LogP contribution in [0.5, 0.6) is 5.75 Å². The molecule has 0 aromatic heterocycles. The number of thioether (sulfide) groups is 1. The summed E-state index contributed by atoms with van der Waals surface area (Å²) in [4.78, 5) is 27.5. The zero-order chi connectivity index (χ0) is 18.5. The summed E-state index contributed by atoms with van der Waals surface area (Å²) in [6.07, 6.45) is 1.73. The monoisotopic (exact) mass is 388 g/mol. The lowest BCUT2D eigenvalue weighted by Gasteiger charge is -2.03. The van der Waals surface area contributed by atoms with Crippen LogP contribution >= 0.6 is 23.4 Å². The van der Waals surface area contributed by atoms with Gasteiger partial charge in [-0.15, -0.1) is 0 Å². The van der Waals surface area contributed by atoms with E-state index in [1.165, 1.54) is 11.8 Å². The molecular formula is C18H13ClN2O4S. The molecule has 1 amide bonds. The lowest BCUT2D eigenvalue weighted by atomic mass is 10.2. The fourth-order valence-corrected chi connectivity index (χ4v) is 3.04. The number of carbonyl (C=O) groups excluding carboxylic acids is 1. The largest absolute Gasteiger partial charge is 0.482 e. The van der Waals surface area contributed by atoms with E-state index in [1.54, 1.807) is 54.6 Å². The predicted octanol–water partition coefficient (Wildman–Crippen LogP) is 3.70. The standard InChI is InChI=1S/C18H13ClN2O4S/c19-12-3-5-13(6-4-12)20-18-21-17(24)15(26-18)9-11-1-7-14(8-2-11)25-10-16(22)23/h1-9H,10H2,(H,22,23)(H,20,21,24). The van der Waals surface area contributed by atoms with Crippen LogP contribution in [-0.4, -0.2) is 28.8 Å². The second-order valence-electron chi connectivity index (χ2n) is 5.21. The molecule has 3 rings (SSSR count). The number of aliphatic carboxylic acids is 1. The first kappa shape index (κ1) is 18.0. The van der Waals surface area contributed by atoms with Gasteiger partial charge in [0.25, 0.3) is 5.91 Å². The van der Waals surface area contributed by atoms with Gasteiger partial charge in [0.15, 0.2) is 11.8 Å². The van der Waals surface area contributed by atoms with Crippen LogP contribution in [0.15, 0.2) is 58.4 Å². The topological polar surface area (TPSA) is 88.0 Å². The van der Waals surface area contributed by atoms with Gasteiger partial charge in [-0.25, -0.2) is 9.79 Å². The molecule has 0 atom stereocenters. The zero-order valence-corrected chi connectivity index (χ0v) is 14.9. The molecule has 8 heteroatoms. The molecule has 1 aliphatic rings. The number of nitrogens with one attached hydrogen (secondary N) is 1. The maximum absolute atomic E-state index is 12.1. The van der Waals surface area contributed by atoms with E-state index in [0.29, 0.717) is 26.5 Å². The highest BCUT2D eigenvalue weighted by Gasteiger charge is 2.23. The minimum atomic E-state index is -1.04. The molecule has 0 bridgehead atoms. The van der Waals surface area contributed by atoms with Crippen molar-refractivity contribution in [1.29, 1.82) is 0 Å². The van der Waals surface area contributed by atoms with E-state index in [4.69, 9.17) is 21.4 Å². The molecule has 1 fully saturated rings. The molecule has 1 aliphatic heterocycles. The minimum Gasteiger partial charge on any atom is -0.482 e. The SMILES string of the molecule is O=C(O)COc1ccc(C=C2SC(=Nc3ccc(Cl)cc3)NC2=O)cc1. The van der Waals surface area contributed by atoms with Crippen molar-refractivity contribution in [2.45, 2.75) is 0 Å². The highest BCUT2D eigenvalue weighted by atomic mass is 35.5. The molecule has 1 heterocycles. The quantitative estimate of drug-likeness (QED) is 0.762. The summed E-state index contributed by atoms with van der Waals surface area (Å²) in [6, 6.07) is 13.8. The van der Waals surface area contributed by atoms with Gasteiger partial charge in [-0.3, -0.25) is 4.79 Å². The van der Waals surface area contributed by atoms with E-state index in [2.05, 4.69) is 10.3 Å². The summed E-state index contributed by atoms with van der Waals surface area (Å²) in [5.41, 5.74) is 1.48. The van der Waals surface area contributed by atoms with Gasteiger partial charge in [0, 0.05) is 5.02 Å². The molecule has 2 aromatic carbocycles. The normalized spacial score (nSPS) is 16.7. The van der Waals surface area contributed by atoms with Gasteiger partial charge in [-0.05, 0) is 59.8 Å². The first-order chi connectivity index (χ1) is 12.5. The van der Waals surface area contributed by atoms with Crippen molar-refractivity contribution in [3.8, 4) is 5.75 Å². The summed E-state index contributed by atoms with van der Waals surface area (Å²) >= 11 is 7.08. The number of carbonyl (C=O) groups is 2. The third kappa shape index (κ3) is 4.87. The minimum absolute atomic E-state index is 0.228. The summed E-state index contributed by atoms with van der Waals surface area (Å²) in [7, 11) is 0. The number of hydrogen-bond donors (Lipinski definition) is 2. The molecule has 1 saturated heterocycles. The number of aliphatic imine (C=N–C) groups is 1. The van der Waals surface area contributed by atoms with Crippen LogP contribution in [-0.2, 0) is 9.59 Å². The number of nitrogens with zero attached hydrogens (tertiary/aromatic N) is 1. The van der Waals surface area contributed by atoms with E-state index < -0.39 is 12.6 Å². The van der Waals surface area contributed by atoms with Crippen molar-refractivity contribution in [2.24, 2.45) is 4.99 Å². The van der Waals surface area contributed by atoms with Crippen LogP contribution in [0.2, 0.25) is 5.02 Å². The Bertz CT molecular complexity index is 892. The number of carboxylic acids is 1. The van der Waals surface area contributed by atoms with Crippen molar-refractivity contribution in [1.82, 2.24) is 5.32 Å². The Hall–Kier alpha value is -2.77. The summed E-state index contributed by atoms with van der Waals surface area (Å²) < 4.78 is 5.07. The molecule has 0 spiro atoms. The number of ether oxygens (including phenoxy) is 1. The Morgan fingerprint density at radius 1 is 1.19 bits per heavy atom. The molecule has 132 valence electrons. The van der Waals surface area contributed by atoms with Gasteiger partial charge in [-0.2, -0.15) is 0 Å². The highest BCUT2D eigenvalue weighted by Crippen LogP contribution is 2.28. The summed E-state index contributed by atoms with van der Waals surface area (Å²) in [5, 5.41) is 12.4. The Kier molecular flexibility index (Phi) is 5.60. The van der Waals surface area contributed by atoms with Gasteiger partial charge in [0.2, 0.25) is 0 Å². The molecule has 2 aromatic rings. The molecule has 0 unspecified atom stereocenters. The smallest absolute Gasteiger partial charge is 0.341 e. The van der Waals surface area contributed by atoms with E-state index >= 15 is 0 Å². The fraction of sp³-hybridized carbons (Fsp3) is 0.0556. The second kappa shape index (κ2) is 8.07. The number of rotatable bonds is 5. The van der Waals surface area contributed by atoms with E-state index in [0.717, 1.165) is 5.56 Å². The predicted molar refractivity (Wildman–Crippen MR) is 102 cm³/mol. The number of amidine groups is 1. The Morgan fingerprint density at radius 2 is 1.88 bits per heavy atom. The van der Waals surface area contributed by atoms with Gasteiger partial charge in [0.1, 0.15) is 5.75 Å². The maximum atomic E-state index is 12.1. The maximum Gasteiger partial charge on any atom is 0.341 e. The zero-order valence-electron chi connectivity index (χ0n) is 13.3. The van der Waals surface area contributed by atoms with Crippen molar-refractivity contribution in [3.63, 3.8) is 0 Å². The van der Waals surface area contributed by atoms with Crippen LogP contribution in [0.3, 0.4) is 0 Å². The summed E-state index contributed by atoms with van der Waals surface area (Å²) in [6.45, 7) is -0.400. The van der Waals surface area contributed by atoms with Crippen molar-refractivity contribution in [3.05, 3.63) is 64.0 Å². The Morgan fingerprint density at radius 3 is 2.54 bits per heavy atom. The molecule has 0 radical (unpaired) electrons.